The summed E-state index contributed by atoms with van der Waals surface area (Å²) in [7, 11) is -1.98. The molecule has 7 nitrogen and oxygen atoms in total. The summed E-state index contributed by atoms with van der Waals surface area (Å²) in [6, 6.07) is 6.34. The molecule has 1 aromatic heterocycles. The van der Waals surface area contributed by atoms with Crippen LogP contribution >= 0.6 is 0 Å². The molecule has 0 radical (unpaired) electrons. The van der Waals surface area contributed by atoms with Gasteiger partial charge in [0, 0.05) is 19.7 Å². The number of nitrogens with one attached hydrogen (secondary N) is 1. The molecule has 0 spiro atoms. The lowest BCUT2D eigenvalue weighted by Gasteiger charge is -2.32. The van der Waals surface area contributed by atoms with E-state index in [2.05, 4.69) is 9.82 Å². The molecule has 144 valence electrons. The number of benzene rings is 1. The van der Waals surface area contributed by atoms with E-state index in [1.807, 2.05) is 6.07 Å². The molecule has 2 aliphatic rings. The SMILES string of the molecule is Cn1nccc1N1CCC[C@@H](NS(=O)(=O)c2ccc3c(c2)CCCC3)C1=O. The molecule has 1 N–H and O–H groups in total. The maximum atomic E-state index is 12.9. The zero-order valence-corrected chi connectivity index (χ0v) is 16.2. The van der Waals surface area contributed by atoms with Crippen molar-refractivity contribution in [3.05, 3.63) is 41.6 Å². The van der Waals surface area contributed by atoms with Crippen LogP contribution in [0.1, 0.15) is 36.8 Å². The van der Waals surface area contributed by atoms with Crippen LogP contribution in [0.5, 0.6) is 0 Å². The highest BCUT2D eigenvalue weighted by molar-refractivity contribution is 7.89. The van der Waals surface area contributed by atoms with Crippen LogP contribution in [0, 0.1) is 0 Å². The van der Waals surface area contributed by atoms with Gasteiger partial charge in [-0.3, -0.25) is 14.4 Å². The van der Waals surface area contributed by atoms with E-state index in [4.69, 9.17) is 0 Å². The van der Waals surface area contributed by atoms with Gasteiger partial charge in [0.15, 0.2) is 0 Å². The number of hydrogen-bond donors (Lipinski definition) is 1. The summed E-state index contributed by atoms with van der Waals surface area (Å²) in [4.78, 5) is 14.7. The van der Waals surface area contributed by atoms with Crippen LogP contribution in [-0.2, 0) is 34.7 Å². The molecule has 1 aliphatic carbocycles. The molecular weight excluding hydrogens is 364 g/mol. The maximum absolute atomic E-state index is 12.9. The summed E-state index contributed by atoms with van der Waals surface area (Å²) >= 11 is 0. The molecule has 2 heterocycles. The summed E-state index contributed by atoms with van der Waals surface area (Å²) < 4.78 is 30.0. The number of nitrogens with zero attached hydrogens (tertiary/aromatic N) is 3. The third-order valence-electron chi connectivity index (χ3n) is 5.44. The average Bonchev–Trinajstić information content (AvgIpc) is 3.08. The van der Waals surface area contributed by atoms with Crippen molar-refractivity contribution in [2.75, 3.05) is 11.4 Å². The second-order valence-corrected chi connectivity index (χ2v) is 8.97. The monoisotopic (exact) mass is 388 g/mol. The molecule has 0 unspecified atom stereocenters. The Morgan fingerprint density at radius 3 is 2.63 bits per heavy atom. The van der Waals surface area contributed by atoms with Gasteiger partial charge >= 0.3 is 0 Å². The lowest BCUT2D eigenvalue weighted by atomic mass is 9.92. The third kappa shape index (κ3) is 3.51. The van der Waals surface area contributed by atoms with Gasteiger partial charge in [-0.25, -0.2) is 8.42 Å². The topological polar surface area (TPSA) is 84.3 Å². The van der Waals surface area contributed by atoms with Crippen molar-refractivity contribution in [1.29, 1.82) is 0 Å². The lowest BCUT2D eigenvalue weighted by Crippen LogP contribution is -2.52. The molecule has 4 rings (SSSR count). The Hall–Kier alpha value is -2.19. The predicted molar refractivity (Wildman–Crippen MR) is 102 cm³/mol. The molecule has 1 amide bonds. The number of hydrogen-bond acceptors (Lipinski definition) is 4. The number of carbonyl (C=O) groups excluding carboxylic acids is 1. The summed E-state index contributed by atoms with van der Waals surface area (Å²) in [5.74, 6) is 0.448. The normalized spacial score (nSPS) is 20.6. The number of sulfonamides is 1. The summed E-state index contributed by atoms with van der Waals surface area (Å²) in [6.07, 6.45) is 7.01. The Kier molecular flexibility index (Phi) is 4.77. The molecule has 1 atom stereocenters. The first-order chi connectivity index (χ1) is 13.0. The summed E-state index contributed by atoms with van der Waals surface area (Å²) in [5.41, 5.74) is 2.34. The zero-order valence-electron chi connectivity index (χ0n) is 15.4. The average molecular weight is 388 g/mol. The third-order valence-corrected chi connectivity index (χ3v) is 6.91. The van der Waals surface area contributed by atoms with Crippen molar-refractivity contribution in [1.82, 2.24) is 14.5 Å². The van der Waals surface area contributed by atoms with E-state index < -0.39 is 16.1 Å². The number of amides is 1. The molecule has 0 saturated carbocycles. The van der Waals surface area contributed by atoms with Crippen LogP contribution in [0.2, 0.25) is 0 Å². The number of aromatic nitrogens is 2. The molecule has 1 aromatic carbocycles. The number of aryl methyl sites for hydroxylation is 3. The standard InChI is InChI=1S/C19H24N4O3S/c1-22-18(10-11-20-22)23-12-4-7-17(19(23)24)21-27(25,26)16-9-8-14-5-2-3-6-15(14)13-16/h8-11,13,17,21H,2-7,12H2,1H3/t17-/m1/s1. The van der Waals surface area contributed by atoms with Crippen LogP contribution in [-0.4, -0.2) is 36.7 Å². The van der Waals surface area contributed by atoms with Crippen molar-refractivity contribution in [2.45, 2.75) is 49.5 Å². The van der Waals surface area contributed by atoms with Crippen molar-refractivity contribution >= 4 is 21.7 Å². The Labute approximate surface area is 159 Å². The van der Waals surface area contributed by atoms with Gasteiger partial charge in [0.25, 0.3) is 0 Å². The molecule has 1 saturated heterocycles. The van der Waals surface area contributed by atoms with Crippen LogP contribution < -0.4 is 9.62 Å². The molecule has 8 heteroatoms. The van der Waals surface area contributed by atoms with Gasteiger partial charge in [-0.2, -0.15) is 9.82 Å². The lowest BCUT2D eigenvalue weighted by molar-refractivity contribution is -0.121. The second-order valence-electron chi connectivity index (χ2n) is 7.26. The summed E-state index contributed by atoms with van der Waals surface area (Å²) in [6.45, 7) is 0.565. The van der Waals surface area contributed by atoms with Crippen molar-refractivity contribution < 1.29 is 13.2 Å². The fraction of sp³-hybridized carbons (Fsp3) is 0.474. The van der Waals surface area contributed by atoms with E-state index >= 15 is 0 Å². The second kappa shape index (κ2) is 7.09. The highest BCUT2D eigenvalue weighted by Gasteiger charge is 2.34. The molecule has 1 aliphatic heterocycles. The predicted octanol–water partition coefficient (Wildman–Crippen LogP) is 1.77. The number of anilines is 1. The highest BCUT2D eigenvalue weighted by atomic mass is 32.2. The van der Waals surface area contributed by atoms with Crippen LogP contribution in [0.4, 0.5) is 5.82 Å². The quantitative estimate of drug-likeness (QED) is 0.865. The molecule has 1 fully saturated rings. The van der Waals surface area contributed by atoms with Crippen molar-refractivity contribution in [3.63, 3.8) is 0 Å². The van der Waals surface area contributed by atoms with Gasteiger partial charge in [0.05, 0.1) is 11.1 Å². The van der Waals surface area contributed by atoms with Gasteiger partial charge in [-0.15, -0.1) is 0 Å². The van der Waals surface area contributed by atoms with Crippen molar-refractivity contribution in [3.8, 4) is 0 Å². The Morgan fingerprint density at radius 2 is 1.89 bits per heavy atom. The van der Waals surface area contributed by atoms with Crippen LogP contribution in [0.15, 0.2) is 35.4 Å². The van der Waals surface area contributed by atoms with Gasteiger partial charge in [-0.1, -0.05) is 6.07 Å². The van der Waals surface area contributed by atoms with Gasteiger partial charge in [0.1, 0.15) is 11.9 Å². The Balaban J connectivity index is 1.55. The minimum absolute atomic E-state index is 0.230. The Bertz CT molecular complexity index is 967. The van der Waals surface area contributed by atoms with E-state index in [0.29, 0.717) is 18.8 Å². The first kappa shape index (κ1) is 18.2. The van der Waals surface area contributed by atoms with Crippen molar-refractivity contribution in [2.24, 2.45) is 7.05 Å². The van der Waals surface area contributed by atoms with E-state index in [9.17, 15) is 13.2 Å². The fourth-order valence-corrected chi connectivity index (χ4v) is 5.25. The van der Waals surface area contributed by atoms with E-state index in [-0.39, 0.29) is 10.8 Å². The van der Waals surface area contributed by atoms with Gasteiger partial charge in [-0.05, 0) is 61.8 Å². The van der Waals surface area contributed by atoms with E-state index in [0.717, 1.165) is 37.7 Å². The number of fused-ring (bicyclic) bond motifs is 1. The van der Waals surface area contributed by atoms with Crippen LogP contribution in [0.3, 0.4) is 0 Å². The zero-order chi connectivity index (χ0) is 19.0. The molecule has 0 bridgehead atoms. The van der Waals surface area contributed by atoms with Gasteiger partial charge in [0.2, 0.25) is 15.9 Å². The number of carbonyl (C=O) groups is 1. The van der Waals surface area contributed by atoms with Gasteiger partial charge < -0.3 is 0 Å². The van der Waals surface area contributed by atoms with E-state index in [1.165, 1.54) is 5.56 Å². The Morgan fingerprint density at radius 1 is 1.11 bits per heavy atom. The molecular formula is C19H24N4O3S. The largest absolute Gasteiger partial charge is 0.296 e. The first-order valence-electron chi connectivity index (χ1n) is 9.39. The minimum Gasteiger partial charge on any atom is -0.296 e. The molecule has 2 aromatic rings. The van der Waals surface area contributed by atoms with E-state index in [1.54, 1.807) is 41.0 Å². The van der Waals surface area contributed by atoms with Crippen LogP contribution in [0.25, 0.3) is 0 Å². The fourth-order valence-electron chi connectivity index (χ4n) is 3.98. The number of piperidine rings is 1. The maximum Gasteiger partial charge on any atom is 0.246 e. The minimum atomic E-state index is -3.75. The highest BCUT2D eigenvalue weighted by Crippen LogP contribution is 2.25. The first-order valence-corrected chi connectivity index (χ1v) is 10.9. The molecule has 27 heavy (non-hydrogen) atoms. The number of rotatable bonds is 4. The summed E-state index contributed by atoms with van der Waals surface area (Å²) in [5, 5.41) is 4.10. The smallest absolute Gasteiger partial charge is 0.246 e.